The molecule has 0 aromatic carbocycles. The lowest BCUT2D eigenvalue weighted by Gasteiger charge is -2.21. The number of nitrogens with one attached hydrogen (secondary N) is 1. The van der Waals surface area contributed by atoms with Crippen LogP contribution in [0.5, 0.6) is 0 Å². The van der Waals surface area contributed by atoms with E-state index in [1.54, 1.807) is 0 Å². The summed E-state index contributed by atoms with van der Waals surface area (Å²) in [6, 6.07) is 0. The predicted octanol–water partition coefficient (Wildman–Crippen LogP) is 3.85. The first-order chi connectivity index (χ1) is 6.70. The molecule has 1 heterocycles. The standard InChI is InChI=1S/C12H22N2S/c1-11(2,3)8-15-10-9(7-13-14-10)12(4,5)6/h7H,8H2,1-6H3,(H,13,14). The van der Waals surface area contributed by atoms with Crippen molar-refractivity contribution >= 4 is 11.8 Å². The van der Waals surface area contributed by atoms with E-state index in [0.29, 0.717) is 5.41 Å². The number of thioether (sulfide) groups is 1. The Hall–Kier alpha value is -0.440. The van der Waals surface area contributed by atoms with E-state index in [1.165, 1.54) is 10.6 Å². The quantitative estimate of drug-likeness (QED) is 0.776. The van der Waals surface area contributed by atoms with Crippen LogP contribution in [0.1, 0.15) is 47.1 Å². The summed E-state index contributed by atoms with van der Waals surface area (Å²) in [7, 11) is 0. The summed E-state index contributed by atoms with van der Waals surface area (Å²) in [4.78, 5) is 0. The van der Waals surface area contributed by atoms with E-state index in [2.05, 4.69) is 51.7 Å². The minimum Gasteiger partial charge on any atom is -0.272 e. The van der Waals surface area contributed by atoms with Gasteiger partial charge in [-0.2, -0.15) is 5.10 Å². The fraction of sp³-hybridized carbons (Fsp3) is 0.750. The van der Waals surface area contributed by atoms with Crippen LogP contribution in [-0.2, 0) is 5.41 Å². The molecule has 0 aliphatic rings. The molecule has 0 unspecified atom stereocenters. The Morgan fingerprint density at radius 3 is 2.27 bits per heavy atom. The summed E-state index contributed by atoms with van der Waals surface area (Å²) in [5, 5.41) is 8.46. The third-order valence-corrected chi connectivity index (χ3v) is 3.67. The lowest BCUT2D eigenvalue weighted by molar-refractivity contribution is 0.480. The highest BCUT2D eigenvalue weighted by atomic mass is 32.2. The van der Waals surface area contributed by atoms with Crippen molar-refractivity contribution in [1.82, 2.24) is 10.2 Å². The third-order valence-electron chi connectivity index (χ3n) is 2.06. The van der Waals surface area contributed by atoms with Crippen molar-refractivity contribution in [1.29, 1.82) is 0 Å². The molecule has 0 aliphatic carbocycles. The molecule has 0 saturated carbocycles. The number of nitrogens with zero attached hydrogens (tertiary/aromatic N) is 1. The van der Waals surface area contributed by atoms with Gasteiger partial charge in [0.05, 0.1) is 11.2 Å². The molecule has 86 valence electrons. The first kappa shape index (κ1) is 12.6. The van der Waals surface area contributed by atoms with Gasteiger partial charge < -0.3 is 0 Å². The highest BCUT2D eigenvalue weighted by molar-refractivity contribution is 7.99. The third kappa shape index (κ3) is 3.90. The Bertz CT molecular complexity index is 315. The minimum atomic E-state index is 0.174. The Labute approximate surface area is 97.2 Å². The van der Waals surface area contributed by atoms with Crippen LogP contribution in [0.3, 0.4) is 0 Å². The molecule has 0 amide bonds. The Balaban J connectivity index is 2.75. The molecule has 1 aromatic rings. The fourth-order valence-electron chi connectivity index (χ4n) is 1.21. The van der Waals surface area contributed by atoms with Crippen LogP contribution in [-0.4, -0.2) is 16.0 Å². The zero-order valence-corrected chi connectivity index (χ0v) is 11.5. The summed E-state index contributed by atoms with van der Waals surface area (Å²) in [5.41, 5.74) is 1.84. The number of H-pyrrole nitrogens is 1. The number of aromatic nitrogens is 2. The van der Waals surface area contributed by atoms with Gasteiger partial charge in [0.2, 0.25) is 0 Å². The second kappa shape index (κ2) is 4.20. The van der Waals surface area contributed by atoms with E-state index in [0.717, 1.165) is 5.75 Å². The van der Waals surface area contributed by atoms with E-state index < -0.39 is 0 Å². The normalized spacial score (nSPS) is 13.2. The van der Waals surface area contributed by atoms with Gasteiger partial charge in [0.1, 0.15) is 0 Å². The minimum absolute atomic E-state index is 0.174. The summed E-state index contributed by atoms with van der Waals surface area (Å²) >= 11 is 1.87. The SMILES string of the molecule is CC(C)(C)CSc1[nH]ncc1C(C)(C)C. The first-order valence-corrected chi connectivity index (χ1v) is 6.35. The van der Waals surface area contributed by atoms with Crippen molar-refractivity contribution in [2.24, 2.45) is 5.41 Å². The molecule has 0 atom stereocenters. The molecule has 15 heavy (non-hydrogen) atoms. The molecule has 1 N–H and O–H groups in total. The maximum Gasteiger partial charge on any atom is 0.0945 e. The van der Waals surface area contributed by atoms with E-state index in [4.69, 9.17) is 0 Å². The van der Waals surface area contributed by atoms with Crippen LogP contribution in [0, 0.1) is 5.41 Å². The molecule has 0 radical (unpaired) electrons. The highest BCUT2D eigenvalue weighted by Gasteiger charge is 2.21. The fourth-order valence-corrected chi connectivity index (χ4v) is 2.42. The second-order valence-electron chi connectivity index (χ2n) is 6.21. The largest absolute Gasteiger partial charge is 0.272 e. The monoisotopic (exact) mass is 226 g/mol. The zero-order valence-electron chi connectivity index (χ0n) is 10.6. The van der Waals surface area contributed by atoms with Gasteiger partial charge in [0.15, 0.2) is 0 Å². The number of hydrogen-bond acceptors (Lipinski definition) is 2. The van der Waals surface area contributed by atoms with E-state index in [9.17, 15) is 0 Å². The maximum atomic E-state index is 4.14. The molecule has 0 saturated heterocycles. The van der Waals surface area contributed by atoms with Gasteiger partial charge in [-0.25, -0.2) is 0 Å². The van der Waals surface area contributed by atoms with Crippen molar-refractivity contribution in [3.63, 3.8) is 0 Å². The molecule has 0 fully saturated rings. The van der Waals surface area contributed by atoms with Crippen LogP contribution in [0.25, 0.3) is 0 Å². The van der Waals surface area contributed by atoms with Gasteiger partial charge in [-0.15, -0.1) is 11.8 Å². The first-order valence-electron chi connectivity index (χ1n) is 5.37. The van der Waals surface area contributed by atoms with Crippen LogP contribution in [0.15, 0.2) is 11.2 Å². The van der Waals surface area contributed by atoms with Crippen LogP contribution >= 0.6 is 11.8 Å². The van der Waals surface area contributed by atoms with Crippen molar-refractivity contribution in [2.45, 2.75) is 52.0 Å². The van der Waals surface area contributed by atoms with Crippen LogP contribution in [0.4, 0.5) is 0 Å². The predicted molar refractivity (Wildman–Crippen MR) is 67.5 cm³/mol. The molecular weight excluding hydrogens is 204 g/mol. The lowest BCUT2D eigenvalue weighted by atomic mass is 9.90. The number of rotatable bonds is 2. The average molecular weight is 226 g/mol. The zero-order chi connectivity index (χ0) is 11.7. The Morgan fingerprint density at radius 1 is 1.20 bits per heavy atom. The molecule has 3 heteroatoms. The van der Waals surface area contributed by atoms with Gasteiger partial charge in [-0.1, -0.05) is 41.5 Å². The molecule has 0 aliphatic heterocycles. The molecule has 1 aromatic heterocycles. The molecule has 0 spiro atoms. The summed E-state index contributed by atoms with van der Waals surface area (Å²) in [6.45, 7) is 13.4. The Kier molecular flexibility index (Phi) is 3.54. The van der Waals surface area contributed by atoms with Gasteiger partial charge in [-0.3, -0.25) is 5.10 Å². The van der Waals surface area contributed by atoms with Crippen LogP contribution < -0.4 is 0 Å². The van der Waals surface area contributed by atoms with Gasteiger partial charge in [0.25, 0.3) is 0 Å². The topological polar surface area (TPSA) is 28.7 Å². The average Bonchev–Trinajstić information content (AvgIpc) is 2.45. The molecule has 1 rings (SSSR count). The Morgan fingerprint density at radius 2 is 1.80 bits per heavy atom. The van der Waals surface area contributed by atoms with Gasteiger partial charge in [-0.05, 0) is 10.8 Å². The summed E-state index contributed by atoms with van der Waals surface area (Å²) < 4.78 is 0. The number of hydrogen-bond donors (Lipinski definition) is 1. The molecular formula is C12H22N2S. The van der Waals surface area contributed by atoms with E-state index in [-0.39, 0.29) is 5.41 Å². The highest BCUT2D eigenvalue weighted by Crippen LogP contribution is 2.33. The van der Waals surface area contributed by atoms with Crippen molar-refractivity contribution < 1.29 is 0 Å². The summed E-state index contributed by atoms with van der Waals surface area (Å²) in [6.07, 6.45) is 1.95. The second-order valence-corrected chi connectivity index (χ2v) is 7.20. The van der Waals surface area contributed by atoms with Crippen molar-refractivity contribution in [2.75, 3.05) is 5.75 Å². The van der Waals surface area contributed by atoms with Crippen molar-refractivity contribution in [3.05, 3.63) is 11.8 Å². The van der Waals surface area contributed by atoms with Crippen molar-refractivity contribution in [3.8, 4) is 0 Å². The summed E-state index contributed by atoms with van der Waals surface area (Å²) in [5.74, 6) is 1.11. The molecule has 2 nitrogen and oxygen atoms in total. The smallest absolute Gasteiger partial charge is 0.0945 e. The molecule has 0 bridgehead atoms. The van der Waals surface area contributed by atoms with E-state index in [1.807, 2.05) is 18.0 Å². The van der Waals surface area contributed by atoms with Gasteiger partial charge in [0, 0.05) is 11.3 Å². The lowest BCUT2D eigenvalue weighted by Crippen LogP contribution is -2.13. The maximum absolute atomic E-state index is 4.14. The van der Waals surface area contributed by atoms with E-state index >= 15 is 0 Å². The van der Waals surface area contributed by atoms with Gasteiger partial charge >= 0.3 is 0 Å². The number of aromatic amines is 1. The van der Waals surface area contributed by atoms with Crippen LogP contribution in [0.2, 0.25) is 0 Å².